The molecular formula is C10H16O6. The maximum Gasteiger partial charge on any atom is 0.308 e. The number of rotatable bonds is 8. The Bertz CT molecular complexity index is 242. The number of carbonyl (C=O) groups excluding carboxylic acids is 1. The fraction of sp³-hybridized carbons (Fsp3) is 0.700. The van der Waals surface area contributed by atoms with E-state index in [0.717, 1.165) is 0 Å². The van der Waals surface area contributed by atoms with Crippen molar-refractivity contribution in [3.8, 4) is 0 Å². The predicted molar refractivity (Wildman–Crippen MR) is 53.9 cm³/mol. The van der Waals surface area contributed by atoms with Crippen LogP contribution in [0, 0.1) is 5.92 Å². The highest BCUT2D eigenvalue weighted by Crippen LogP contribution is 2.15. The van der Waals surface area contributed by atoms with E-state index in [1.54, 1.807) is 6.92 Å². The van der Waals surface area contributed by atoms with Crippen LogP contribution in [0.25, 0.3) is 0 Å². The molecule has 92 valence electrons. The minimum atomic E-state index is -1.01. The number of ether oxygens (including phenoxy) is 1. The van der Waals surface area contributed by atoms with Gasteiger partial charge in [-0.3, -0.25) is 14.4 Å². The summed E-state index contributed by atoms with van der Waals surface area (Å²) in [7, 11) is 0. The highest BCUT2D eigenvalue weighted by atomic mass is 16.5. The second kappa shape index (κ2) is 7.67. The quantitative estimate of drug-likeness (QED) is 0.603. The van der Waals surface area contributed by atoms with Crippen LogP contribution in [0.3, 0.4) is 0 Å². The first-order chi connectivity index (χ1) is 7.47. The third kappa shape index (κ3) is 6.80. The van der Waals surface area contributed by atoms with E-state index < -0.39 is 23.8 Å². The van der Waals surface area contributed by atoms with Gasteiger partial charge in [-0.25, -0.2) is 0 Å². The topological polar surface area (TPSA) is 101 Å². The molecule has 0 saturated carbocycles. The summed E-state index contributed by atoms with van der Waals surface area (Å²) < 4.78 is 4.74. The lowest BCUT2D eigenvalue weighted by molar-refractivity contribution is -0.149. The number of carboxylic acid groups (broad SMARTS) is 2. The van der Waals surface area contributed by atoms with Crippen molar-refractivity contribution in [2.24, 2.45) is 5.92 Å². The molecule has 0 fully saturated rings. The molecule has 0 aromatic carbocycles. The first-order valence-corrected chi connectivity index (χ1v) is 5.07. The van der Waals surface area contributed by atoms with Crippen LogP contribution in [0.1, 0.15) is 32.6 Å². The van der Waals surface area contributed by atoms with Gasteiger partial charge in [0.05, 0.1) is 12.5 Å². The van der Waals surface area contributed by atoms with E-state index in [2.05, 4.69) is 0 Å². The molecule has 0 aliphatic heterocycles. The van der Waals surface area contributed by atoms with Crippen LogP contribution in [-0.2, 0) is 19.1 Å². The molecule has 6 nitrogen and oxygen atoms in total. The monoisotopic (exact) mass is 232 g/mol. The second-order valence-electron chi connectivity index (χ2n) is 3.31. The zero-order valence-electron chi connectivity index (χ0n) is 9.14. The number of aliphatic carboxylic acids is 2. The van der Waals surface area contributed by atoms with E-state index in [4.69, 9.17) is 14.9 Å². The summed E-state index contributed by atoms with van der Waals surface area (Å²) in [5.74, 6) is -3.19. The van der Waals surface area contributed by atoms with E-state index >= 15 is 0 Å². The first-order valence-electron chi connectivity index (χ1n) is 5.07. The van der Waals surface area contributed by atoms with Crippen LogP contribution in [-0.4, -0.2) is 34.7 Å². The van der Waals surface area contributed by atoms with Gasteiger partial charge in [0.1, 0.15) is 0 Å². The van der Waals surface area contributed by atoms with E-state index in [1.807, 2.05) is 0 Å². The summed E-state index contributed by atoms with van der Waals surface area (Å²) in [5.41, 5.74) is 0. The number of carbonyl (C=O) groups is 3. The summed E-state index contributed by atoms with van der Waals surface area (Å²) >= 11 is 0. The van der Waals surface area contributed by atoms with Crippen molar-refractivity contribution in [1.82, 2.24) is 0 Å². The molecule has 0 radical (unpaired) electrons. The van der Waals surface area contributed by atoms with Crippen molar-refractivity contribution in [3.05, 3.63) is 0 Å². The van der Waals surface area contributed by atoms with Crippen LogP contribution in [0.5, 0.6) is 0 Å². The molecule has 0 heterocycles. The van der Waals surface area contributed by atoms with Gasteiger partial charge in [-0.15, -0.1) is 0 Å². The fourth-order valence-electron chi connectivity index (χ4n) is 1.24. The van der Waals surface area contributed by atoms with E-state index in [-0.39, 0.29) is 32.3 Å². The van der Waals surface area contributed by atoms with Gasteiger partial charge in [0.15, 0.2) is 0 Å². The minimum Gasteiger partial charge on any atom is -0.481 e. The molecule has 0 spiro atoms. The molecule has 0 aliphatic carbocycles. The normalized spacial score (nSPS) is 10.1. The molecule has 0 rings (SSSR count). The summed E-state index contributed by atoms with van der Waals surface area (Å²) in [5, 5.41) is 17.0. The maximum absolute atomic E-state index is 11.4. The highest BCUT2D eigenvalue weighted by Gasteiger charge is 2.21. The number of esters is 1. The molecule has 0 saturated heterocycles. The molecule has 2 N–H and O–H groups in total. The SMILES string of the molecule is CCOC(=O)C(CCC(=O)O)CCC(=O)O. The Morgan fingerprint density at radius 3 is 1.81 bits per heavy atom. The van der Waals surface area contributed by atoms with Crippen molar-refractivity contribution in [2.45, 2.75) is 32.6 Å². The van der Waals surface area contributed by atoms with Gasteiger partial charge in [-0.05, 0) is 19.8 Å². The zero-order valence-corrected chi connectivity index (χ0v) is 9.14. The van der Waals surface area contributed by atoms with Crippen molar-refractivity contribution in [1.29, 1.82) is 0 Å². The summed E-state index contributed by atoms with van der Waals surface area (Å²) in [6, 6.07) is 0. The molecule has 16 heavy (non-hydrogen) atoms. The Hall–Kier alpha value is -1.59. The van der Waals surface area contributed by atoms with Crippen LogP contribution >= 0.6 is 0 Å². The molecule has 6 heteroatoms. The predicted octanol–water partition coefficient (Wildman–Crippen LogP) is 0.895. The van der Waals surface area contributed by atoms with Crippen molar-refractivity contribution in [2.75, 3.05) is 6.61 Å². The summed E-state index contributed by atoms with van der Waals surface area (Å²) in [6.07, 6.45) is -0.102. The summed E-state index contributed by atoms with van der Waals surface area (Å²) in [6.45, 7) is 1.85. The zero-order chi connectivity index (χ0) is 12.6. The molecule has 0 aromatic rings. The van der Waals surface area contributed by atoms with E-state index in [9.17, 15) is 14.4 Å². The van der Waals surface area contributed by atoms with Gasteiger partial charge in [-0.1, -0.05) is 0 Å². The van der Waals surface area contributed by atoms with Crippen LogP contribution in [0.2, 0.25) is 0 Å². The van der Waals surface area contributed by atoms with Crippen molar-refractivity contribution >= 4 is 17.9 Å². The maximum atomic E-state index is 11.4. The molecule has 0 aromatic heterocycles. The number of hydrogen-bond acceptors (Lipinski definition) is 4. The molecule has 0 bridgehead atoms. The lowest BCUT2D eigenvalue weighted by Gasteiger charge is -2.13. The fourth-order valence-corrected chi connectivity index (χ4v) is 1.24. The van der Waals surface area contributed by atoms with Crippen LogP contribution in [0.15, 0.2) is 0 Å². The summed E-state index contributed by atoms with van der Waals surface area (Å²) in [4.78, 5) is 32.1. The minimum absolute atomic E-state index is 0.113. The van der Waals surface area contributed by atoms with Gasteiger partial charge in [0.2, 0.25) is 0 Å². The molecule has 0 aliphatic rings. The van der Waals surface area contributed by atoms with E-state index in [1.165, 1.54) is 0 Å². The number of carboxylic acids is 2. The van der Waals surface area contributed by atoms with Gasteiger partial charge in [-0.2, -0.15) is 0 Å². The smallest absolute Gasteiger partial charge is 0.308 e. The third-order valence-corrected chi connectivity index (χ3v) is 2.03. The molecule has 0 atom stereocenters. The Morgan fingerprint density at radius 2 is 1.50 bits per heavy atom. The first kappa shape index (κ1) is 14.4. The molecule has 0 amide bonds. The van der Waals surface area contributed by atoms with Crippen LogP contribution < -0.4 is 0 Å². The van der Waals surface area contributed by atoms with Gasteiger partial charge >= 0.3 is 17.9 Å². The average molecular weight is 232 g/mol. The Morgan fingerprint density at radius 1 is 1.06 bits per heavy atom. The second-order valence-corrected chi connectivity index (χ2v) is 3.31. The molecule has 0 unspecified atom stereocenters. The number of hydrogen-bond donors (Lipinski definition) is 2. The lowest BCUT2D eigenvalue weighted by atomic mass is 9.98. The van der Waals surface area contributed by atoms with Gasteiger partial charge in [0, 0.05) is 12.8 Å². The van der Waals surface area contributed by atoms with Crippen molar-refractivity contribution in [3.63, 3.8) is 0 Å². The Balaban J connectivity index is 4.19. The van der Waals surface area contributed by atoms with Gasteiger partial charge < -0.3 is 14.9 Å². The Labute approximate surface area is 93.2 Å². The highest BCUT2D eigenvalue weighted by molar-refractivity contribution is 5.75. The molecular weight excluding hydrogens is 216 g/mol. The lowest BCUT2D eigenvalue weighted by Crippen LogP contribution is -2.20. The van der Waals surface area contributed by atoms with Crippen LogP contribution in [0.4, 0.5) is 0 Å². The van der Waals surface area contributed by atoms with Gasteiger partial charge in [0.25, 0.3) is 0 Å². The largest absolute Gasteiger partial charge is 0.481 e. The van der Waals surface area contributed by atoms with Crippen molar-refractivity contribution < 1.29 is 29.3 Å². The third-order valence-electron chi connectivity index (χ3n) is 2.03. The van der Waals surface area contributed by atoms with E-state index in [0.29, 0.717) is 0 Å². The standard InChI is InChI=1S/C10H16O6/c1-2-16-10(15)7(3-5-8(11)12)4-6-9(13)14/h7H,2-6H2,1H3,(H,11,12)(H,13,14). The average Bonchev–Trinajstić information content (AvgIpc) is 2.17. The Kier molecular flexibility index (Phi) is 6.91.